The second-order valence-corrected chi connectivity index (χ2v) is 2.36. The van der Waals surface area contributed by atoms with Crippen molar-refractivity contribution >= 4 is 0 Å². The van der Waals surface area contributed by atoms with E-state index >= 15 is 0 Å². The summed E-state index contributed by atoms with van der Waals surface area (Å²) in [6.45, 7) is 1.21. The van der Waals surface area contributed by atoms with E-state index in [1.807, 2.05) is 0 Å². The summed E-state index contributed by atoms with van der Waals surface area (Å²) in [7, 11) is 0. The number of hydrogen-bond acceptors (Lipinski definition) is 2. The van der Waals surface area contributed by atoms with Gasteiger partial charge >= 0.3 is 0 Å². The van der Waals surface area contributed by atoms with Crippen LogP contribution in [0.2, 0.25) is 0 Å². The maximum Gasteiger partial charge on any atom is 0.168 e. The first-order valence-electron chi connectivity index (χ1n) is 3.24. The fourth-order valence-electron chi connectivity index (χ4n) is 0.833. The quantitative estimate of drug-likeness (QED) is 0.644. The van der Waals surface area contributed by atoms with E-state index in [2.05, 4.69) is 0 Å². The highest BCUT2D eigenvalue weighted by atomic mass is 19.1. The van der Waals surface area contributed by atoms with E-state index in [4.69, 9.17) is 10.2 Å². The largest absolute Gasteiger partial charge is 0.505 e. The molecule has 0 atom stereocenters. The number of aryl methyl sites for hydroxylation is 1. The van der Waals surface area contributed by atoms with Crippen molar-refractivity contribution in [1.82, 2.24) is 0 Å². The number of aliphatic hydroxyl groups excluding tert-OH is 1. The first-order valence-corrected chi connectivity index (χ1v) is 3.24. The number of benzene rings is 1. The van der Waals surface area contributed by atoms with Gasteiger partial charge in [-0.25, -0.2) is 4.39 Å². The molecule has 2 nitrogen and oxygen atoms in total. The Labute approximate surface area is 63.9 Å². The molecule has 11 heavy (non-hydrogen) atoms. The van der Waals surface area contributed by atoms with E-state index in [0.717, 1.165) is 0 Å². The van der Waals surface area contributed by atoms with E-state index < -0.39 is 11.6 Å². The van der Waals surface area contributed by atoms with Crippen LogP contribution in [0.25, 0.3) is 0 Å². The molecule has 2 N–H and O–H groups in total. The number of rotatable bonds is 1. The lowest BCUT2D eigenvalue weighted by atomic mass is 10.1. The summed E-state index contributed by atoms with van der Waals surface area (Å²) in [6, 6.07) is 3.01. The Balaban J connectivity index is 3.25. The molecular weight excluding hydrogens is 147 g/mol. The Kier molecular flexibility index (Phi) is 2.10. The molecule has 3 heteroatoms. The molecule has 0 bridgehead atoms. The second-order valence-electron chi connectivity index (χ2n) is 2.36. The third-order valence-corrected chi connectivity index (χ3v) is 1.56. The third kappa shape index (κ3) is 1.33. The summed E-state index contributed by atoms with van der Waals surface area (Å²) in [5.74, 6) is -1.11. The summed E-state index contributed by atoms with van der Waals surface area (Å²) >= 11 is 0. The van der Waals surface area contributed by atoms with Gasteiger partial charge in [0.15, 0.2) is 11.6 Å². The summed E-state index contributed by atoms with van der Waals surface area (Å²) in [4.78, 5) is 0. The SMILES string of the molecule is Cc1ccc(CO)c(O)c1F. The van der Waals surface area contributed by atoms with Crippen LogP contribution in [0.3, 0.4) is 0 Å². The maximum absolute atomic E-state index is 12.8. The highest BCUT2D eigenvalue weighted by Crippen LogP contribution is 2.23. The van der Waals surface area contributed by atoms with Crippen LogP contribution in [0.4, 0.5) is 4.39 Å². The lowest BCUT2D eigenvalue weighted by Gasteiger charge is -2.03. The molecule has 0 heterocycles. The Bertz CT molecular complexity index is 271. The average Bonchev–Trinajstić information content (AvgIpc) is 2.01. The molecule has 0 amide bonds. The van der Waals surface area contributed by atoms with Crippen LogP contribution in [0, 0.1) is 12.7 Å². The number of hydrogen-bond donors (Lipinski definition) is 2. The Morgan fingerprint density at radius 2 is 2.09 bits per heavy atom. The summed E-state index contributed by atoms with van der Waals surface area (Å²) in [5, 5.41) is 17.7. The van der Waals surface area contributed by atoms with Crippen molar-refractivity contribution in [3.05, 3.63) is 29.1 Å². The van der Waals surface area contributed by atoms with Crippen molar-refractivity contribution in [2.45, 2.75) is 13.5 Å². The first-order chi connectivity index (χ1) is 5.16. The summed E-state index contributed by atoms with van der Waals surface area (Å²) in [6.07, 6.45) is 0. The van der Waals surface area contributed by atoms with Crippen molar-refractivity contribution in [3.63, 3.8) is 0 Å². The molecule has 0 aromatic heterocycles. The van der Waals surface area contributed by atoms with Gasteiger partial charge in [0, 0.05) is 5.56 Å². The topological polar surface area (TPSA) is 40.5 Å². The molecule has 0 unspecified atom stereocenters. The lowest BCUT2D eigenvalue weighted by molar-refractivity contribution is 0.273. The molecule has 0 radical (unpaired) electrons. The Hall–Kier alpha value is -1.09. The van der Waals surface area contributed by atoms with Gasteiger partial charge < -0.3 is 10.2 Å². The van der Waals surface area contributed by atoms with Crippen LogP contribution in [-0.2, 0) is 6.61 Å². The monoisotopic (exact) mass is 156 g/mol. The van der Waals surface area contributed by atoms with Gasteiger partial charge in [0.1, 0.15) is 0 Å². The van der Waals surface area contributed by atoms with Crippen LogP contribution in [0.5, 0.6) is 5.75 Å². The van der Waals surface area contributed by atoms with Crippen LogP contribution in [0.1, 0.15) is 11.1 Å². The fourth-order valence-corrected chi connectivity index (χ4v) is 0.833. The zero-order valence-corrected chi connectivity index (χ0v) is 6.13. The molecule has 0 saturated heterocycles. The molecule has 1 aromatic rings. The number of aliphatic hydroxyl groups is 1. The van der Waals surface area contributed by atoms with E-state index in [0.29, 0.717) is 5.56 Å². The molecule has 0 aliphatic rings. The standard InChI is InChI=1S/C8H9FO2/c1-5-2-3-6(4-10)8(11)7(5)9/h2-3,10-11H,4H2,1H3. The van der Waals surface area contributed by atoms with Crippen molar-refractivity contribution in [1.29, 1.82) is 0 Å². The van der Waals surface area contributed by atoms with Crippen molar-refractivity contribution in [3.8, 4) is 5.75 Å². The van der Waals surface area contributed by atoms with Crippen LogP contribution in [0.15, 0.2) is 12.1 Å². The van der Waals surface area contributed by atoms with E-state index in [1.165, 1.54) is 12.1 Å². The highest BCUT2D eigenvalue weighted by Gasteiger charge is 2.07. The maximum atomic E-state index is 12.8. The molecule has 60 valence electrons. The second kappa shape index (κ2) is 2.88. The van der Waals surface area contributed by atoms with Crippen LogP contribution in [-0.4, -0.2) is 10.2 Å². The third-order valence-electron chi connectivity index (χ3n) is 1.56. The van der Waals surface area contributed by atoms with E-state index in [9.17, 15) is 4.39 Å². The minimum atomic E-state index is -0.656. The number of halogens is 1. The average molecular weight is 156 g/mol. The smallest absolute Gasteiger partial charge is 0.168 e. The van der Waals surface area contributed by atoms with Gasteiger partial charge in [-0.2, -0.15) is 0 Å². The molecule has 0 saturated carbocycles. The van der Waals surface area contributed by atoms with Crippen LogP contribution >= 0.6 is 0 Å². The lowest BCUT2D eigenvalue weighted by Crippen LogP contribution is -1.89. The highest BCUT2D eigenvalue weighted by molar-refractivity contribution is 5.37. The van der Waals surface area contributed by atoms with E-state index in [1.54, 1.807) is 6.92 Å². The predicted molar refractivity (Wildman–Crippen MR) is 38.7 cm³/mol. The molecular formula is C8H9FO2. The van der Waals surface area contributed by atoms with Gasteiger partial charge in [0.05, 0.1) is 6.61 Å². The minimum absolute atomic E-state index is 0.216. The van der Waals surface area contributed by atoms with Gasteiger partial charge in [0.25, 0.3) is 0 Å². The number of phenols is 1. The first kappa shape index (κ1) is 8.01. The molecule has 0 fully saturated rings. The van der Waals surface area contributed by atoms with Crippen molar-refractivity contribution in [2.75, 3.05) is 0 Å². The normalized spacial score (nSPS) is 10.1. The molecule has 0 spiro atoms. The minimum Gasteiger partial charge on any atom is -0.505 e. The zero-order chi connectivity index (χ0) is 8.43. The predicted octanol–water partition coefficient (Wildman–Crippen LogP) is 1.33. The summed E-state index contributed by atoms with van der Waals surface area (Å²) < 4.78 is 12.8. The molecule has 1 aromatic carbocycles. The molecule has 0 aliphatic heterocycles. The Morgan fingerprint density at radius 1 is 1.45 bits per heavy atom. The molecule has 1 rings (SSSR count). The van der Waals surface area contributed by atoms with Gasteiger partial charge in [-0.1, -0.05) is 12.1 Å². The fraction of sp³-hybridized carbons (Fsp3) is 0.250. The number of aromatic hydroxyl groups is 1. The Morgan fingerprint density at radius 3 is 2.64 bits per heavy atom. The van der Waals surface area contributed by atoms with E-state index in [-0.39, 0.29) is 12.2 Å². The van der Waals surface area contributed by atoms with Crippen molar-refractivity contribution in [2.24, 2.45) is 0 Å². The van der Waals surface area contributed by atoms with Gasteiger partial charge in [-0.15, -0.1) is 0 Å². The zero-order valence-electron chi connectivity index (χ0n) is 6.13. The molecule has 0 aliphatic carbocycles. The van der Waals surface area contributed by atoms with Gasteiger partial charge in [0.2, 0.25) is 0 Å². The van der Waals surface area contributed by atoms with Crippen LogP contribution < -0.4 is 0 Å². The van der Waals surface area contributed by atoms with Crippen molar-refractivity contribution < 1.29 is 14.6 Å². The summed E-state index contributed by atoms with van der Waals surface area (Å²) in [5.41, 5.74) is 0.591. The van der Waals surface area contributed by atoms with Gasteiger partial charge in [-0.05, 0) is 12.5 Å². The van der Waals surface area contributed by atoms with Gasteiger partial charge in [-0.3, -0.25) is 0 Å².